The first-order valence-electron chi connectivity index (χ1n) is 5.50. The van der Waals surface area contributed by atoms with Crippen molar-refractivity contribution in [2.45, 2.75) is 31.7 Å². The fourth-order valence-corrected chi connectivity index (χ4v) is 1.94. The minimum Gasteiger partial charge on any atom is -0.481 e. The molecule has 0 radical (unpaired) electrons. The molecular weight excluding hydrogens is 228 g/mol. The van der Waals surface area contributed by atoms with Crippen LogP contribution in [0.2, 0.25) is 0 Å². The van der Waals surface area contributed by atoms with E-state index in [-0.39, 0.29) is 24.9 Å². The summed E-state index contributed by atoms with van der Waals surface area (Å²) >= 11 is 0. The highest BCUT2D eigenvalue weighted by Crippen LogP contribution is 2.19. The predicted molar refractivity (Wildman–Crippen MR) is 58.0 cm³/mol. The van der Waals surface area contributed by atoms with Gasteiger partial charge >= 0.3 is 5.97 Å². The van der Waals surface area contributed by atoms with Crippen molar-refractivity contribution in [2.75, 3.05) is 20.2 Å². The van der Waals surface area contributed by atoms with E-state index in [9.17, 15) is 9.59 Å². The number of carbonyl (C=O) groups is 2. The number of rotatable bonds is 6. The highest BCUT2D eigenvalue weighted by molar-refractivity contribution is 5.79. The molecule has 0 bridgehead atoms. The largest absolute Gasteiger partial charge is 0.481 e. The lowest BCUT2D eigenvalue weighted by Crippen LogP contribution is -2.44. The van der Waals surface area contributed by atoms with Gasteiger partial charge in [0.2, 0.25) is 12.3 Å². The molecule has 3 N–H and O–H groups in total. The quantitative estimate of drug-likeness (QED) is 0.518. The summed E-state index contributed by atoms with van der Waals surface area (Å²) in [6.07, 6.45) is 0.319. The molecule has 1 saturated heterocycles. The molecule has 7 nitrogen and oxygen atoms in total. The lowest BCUT2D eigenvalue weighted by Gasteiger charge is -2.24. The van der Waals surface area contributed by atoms with Crippen LogP contribution in [0.15, 0.2) is 0 Å². The third kappa shape index (κ3) is 4.29. The monoisotopic (exact) mass is 246 g/mol. The molecule has 1 heterocycles. The number of aliphatic hydroxyl groups is 1. The van der Waals surface area contributed by atoms with Gasteiger partial charge in [-0.1, -0.05) is 0 Å². The molecule has 0 spiro atoms. The predicted octanol–water partition coefficient (Wildman–Crippen LogP) is -1.04. The number of hydrogen-bond acceptors (Lipinski definition) is 5. The molecule has 98 valence electrons. The van der Waals surface area contributed by atoms with Crippen LogP contribution in [-0.2, 0) is 14.3 Å². The number of carboxylic acid groups (broad SMARTS) is 1. The average molecular weight is 246 g/mol. The molecule has 1 amide bonds. The number of nitrogens with one attached hydrogen (secondary N) is 1. The molecule has 7 heteroatoms. The highest BCUT2D eigenvalue weighted by Gasteiger charge is 2.30. The molecule has 2 unspecified atom stereocenters. The van der Waals surface area contributed by atoms with Crippen molar-refractivity contribution in [2.24, 2.45) is 0 Å². The Morgan fingerprint density at radius 1 is 1.59 bits per heavy atom. The molecule has 0 aliphatic carbocycles. The zero-order valence-corrected chi connectivity index (χ0v) is 9.76. The molecular formula is C10H18N2O5. The van der Waals surface area contributed by atoms with Crippen LogP contribution in [0, 0.1) is 0 Å². The number of nitrogens with zero attached hydrogens (tertiary/aromatic N) is 1. The van der Waals surface area contributed by atoms with Gasteiger partial charge in [-0.25, -0.2) is 0 Å². The lowest BCUT2D eigenvalue weighted by molar-refractivity contribution is -0.141. The van der Waals surface area contributed by atoms with Crippen molar-refractivity contribution in [3.63, 3.8) is 0 Å². The van der Waals surface area contributed by atoms with Crippen LogP contribution in [0.3, 0.4) is 0 Å². The summed E-state index contributed by atoms with van der Waals surface area (Å²) in [5, 5.41) is 20.3. The molecule has 0 aromatic heterocycles. The first kappa shape index (κ1) is 13.9. The Kier molecular flexibility index (Phi) is 5.33. The Labute approximate surface area is 99.4 Å². The Morgan fingerprint density at radius 2 is 2.29 bits per heavy atom. The average Bonchev–Trinajstić information content (AvgIpc) is 2.72. The second kappa shape index (κ2) is 6.53. The van der Waals surface area contributed by atoms with E-state index in [0.717, 1.165) is 6.42 Å². The number of carbonyl (C=O) groups excluding carboxylic acids is 1. The first-order chi connectivity index (χ1) is 8.04. The van der Waals surface area contributed by atoms with E-state index in [2.05, 4.69) is 10.1 Å². The van der Waals surface area contributed by atoms with Crippen LogP contribution >= 0.6 is 0 Å². The highest BCUT2D eigenvalue weighted by atomic mass is 16.6. The third-order valence-corrected chi connectivity index (χ3v) is 2.76. The maximum absolute atomic E-state index is 11.8. The normalized spacial score (nSPS) is 21.5. The second-order valence-corrected chi connectivity index (χ2v) is 3.95. The Balaban J connectivity index is 2.41. The SMILES string of the molecule is COC(O)NCC(=O)N1CCCC1CC(=O)O. The minimum atomic E-state index is -1.18. The van der Waals surface area contributed by atoms with E-state index in [4.69, 9.17) is 10.2 Å². The topological polar surface area (TPSA) is 99.1 Å². The lowest BCUT2D eigenvalue weighted by atomic mass is 10.1. The van der Waals surface area contributed by atoms with Crippen molar-refractivity contribution < 1.29 is 24.5 Å². The summed E-state index contributed by atoms with van der Waals surface area (Å²) in [5.41, 5.74) is 0. The number of carboxylic acids is 1. The maximum atomic E-state index is 11.8. The number of aliphatic hydroxyl groups excluding tert-OH is 1. The molecule has 1 fully saturated rings. The smallest absolute Gasteiger partial charge is 0.305 e. The van der Waals surface area contributed by atoms with E-state index in [0.29, 0.717) is 13.0 Å². The summed E-state index contributed by atoms with van der Waals surface area (Å²) in [7, 11) is 1.31. The van der Waals surface area contributed by atoms with Gasteiger partial charge in [-0.3, -0.25) is 14.9 Å². The van der Waals surface area contributed by atoms with Crippen molar-refractivity contribution >= 4 is 11.9 Å². The van der Waals surface area contributed by atoms with Gasteiger partial charge in [0.25, 0.3) is 0 Å². The van der Waals surface area contributed by atoms with Crippen LogP contribution in [0.1, 0.15) is 19.3 Å². The summed E-state index contributed by atoms with van der Waals surface area (Å²) in [4.78, 5) is 23.9. The van der Waals surface area contributed by atoms with Gasteiger partial charge in [0.1, 0.15) is 0 Å². The number of ether oxygens (including phenoxy) is 1. The zero-order chi connectivity index (χ0) is 12.8. The van der Waals surface area contributed by atoms with Crippen molar-refractivity contribution in [1.82, 2.24) is 10.2 Å². The van der Waals surface area contributed by atoms with Crippen LogP contribution in [0.5, 0.6) is 0 Å². The van der Waals surface area contributed by atoms with Gasteiger partial charge in [-0.15, -0.1) is 0 Å². The Bertz CT molecular complexity index is 284. The van der Waals surface area contributed by atoms with Gasteiger partial charge in [-0.2, -0.15) is 0 Å². The van der Waals surface area contributed by atoms with E-state index >= 15 is 0 Å². The van der Waals surface area contributed by atoms with Crippen molar-refractivity contribution in [1.29, 1.82) is 0 Å². The number of amides is 1. The molecule has 0 aromatic rings. The summed E-state index contributed by atoms with van der Waals surface area (Å²) in [6, 6.07) is -0.235. The molecule has 1 aliphatic rings. The van der Waals surface area contributed by atoms with Gasteiger partial charge in [0.05, 0.1) is 13.0 Å². The number of likely N-dealkylation sites (tertiary alicyclic amines) is 1. The zero-order valence-electron chi connectivity index (χ0n) is 9.76. The maximum Gasteiger partial charge on any atom is 0.305 e. The van der Waals surface area contributed by atoms with Crippen molar-refractivity contribution in [3.8, 4) is 0 Å². The van der Waals surface area contributed by atoms with Crippen LogP contribution in [-0.4, -0.2) is 59.6 Å². The number of methoxy groups -OCH3 is 1. The number of aliphatic carboxylic acids is 1. The van der Waals surface area contributed by atoms with Gasteiger partial charge in [0.15, 0.2) is 0 Å². The molecule has 17 heavy (non-hydrogen) atoms. The van der Waals surface area contributed by atoms with Crippen LogP contribution < -0.4 is 5.32 Å². The molecule has 1 aliphatic heterocycles. The summed E-state index contributed by atoms with van der Waals surface area (Å²) < 4.78 is 4.53. The Hall–Kier alpha value is -1.18. The third-order valence-electron chi connectivity index (χ3n) is 2.76. The minimum absolute atomic E-state index is 0.0292. The summed E-state index contributed by atoms with van der Waals surface area (Å²) in [6.45, 7) is 0.507. The van der Waals surface area contributed by atoms with E-state index in [1.165, 1.54) is 7.11 Å². The molecule has 1 rings (SSSR count). The van der Waals surface area contributed by atoms with E-state index < -0.39 is 12.4 Å². The fraction of sp³-hybridized carbons (Fsp3) is 0.800. The summed E-state index contributed by atoms with van der Waals surface area (Å²) in [5.74, 6) is -1.12. The second-order valence-electron chi connectivity index (χ2n) is 3.95. The Morgan fingerprint density at radius 3 is 2.88 bits per heavy atom. The molecule has 2 atom stereocenters. The van der Waals surface area contributed by atoms with Gasteiger partial charge in [-0.05, 0) is 12.8 Å². The van der Waals surface area contributed by atoms with E-state index in [1.807, 2.05) is 0 Å². The van der Waals surface area contributed by atoms with Crippen LogP contribution in [0.25, 0.3) is 0 Å². The van der Waals surface area contributed by atoms with Crippen molar-refractivity contribution in [3.05, 3.63) is 0 Å². The van der Waals surface area contributed by atoms with Gasteiger partial charge in [0, 0.05) is 19.7 Å². The standard InChI is InChI=1S/C10H18N2O5/c1-17-10(16)11-6-8(13)12-4-2-3-7(12)5-9(14)15/h7,10-11,16H,2-6H2,1H3,(H,14,15). The number of hydrogen-bond donors (Lipinski definition) is 3. The van der Waals surface area contributed by atoms with Crippen LogP contribution in [0.4, 0.5) is 0 Å². The van der Waals surface area contributed by atoms with Gasteiger partial charge < -0.3 is 19.8 Å². The van der Waals surface area contributed by atoms with E-state index in [1.54, 1.807) is 4.90 Å². The fourth-order valence-electron chi connectivity index (χ4n) is 1.94. The molecule has 0 saturated carbocycles. The first-order valence-corrected chi connectivity index (χ1v) is 5.50. The molecule has 0 aromatic carbocycles.